The molecule has 1 amide bonds. The number of ether oxygens (including phenoxy) is 1. The van der Waals surface area contributed by atoms with Crippen LogP contribution in [0, 0.1) is 5.41 Å². The Morgan fingerprint density at radius 3 is 2.89 bits per heavy atom. The number of rotatable bonds is 3. The minimum atomic E-state index is -0.678. The highest BCUT2D eigenvalue weighted by Gasteiger charge is 2.17. The molecular weight excluding hydrogens is 250 g/mol. The predicted molar refractivity (Wildman–Crippen MR) is 67.4 cm³/mol. The molecule has 0 spiro atoms. The number of anilines is 2. The fourth-order valence-corrected chi connectivity index (χ4v) is 1.95. The van der Waals surface area contributed by atoms with Crippen LogP contribution in [0.15, 0.2) is 6.07 Å². The fraction of sp³-hybridized carbons (Fsp3) is 0.545. The quantitative estimate of drug-likeness (QED) is 0.702. The molecule has 8 heteroatoms. The second kappa shape index (κ2) is 5.59. The maximum absolute atomic E-state index is 11.4. The van der Waals surface area contributed by atoms with Crippen molar-refractivity contribution in [1.29, 1.82) is 5.41 Å². The lowest BCUT2D eigenvalue weighted by molar-refractivity contribution is 0.158. The van der Waals surface area contributed by atoms with Gasteiger partial charge in [-0.3, -0.25) is 10.7 Å². The minimum absolute atomic E-state index is 0.0698. The molecule has 0 unspecified atom stereocenters. The fourth-order valence-electron chi connectivity index (χ4n) is 1.95. The van der Waals surface area contributed by atoms with Crippen molar-refractivity contribution in [1.82, 2.24) is 9.71 Å². The number of hydrogen-bond donors (Lipinski definition) is 3. The number of carbonyl (C=O) groups is 1. The van der Waals surface area contributed by atoms with Crippen LogP contribution in [-0.4, -0.2) is 40.7 Å². The summed E-state index contributed by atoms with van der Waals surface area (Å²) in [5, 5.41) is 19.6. The summed E-state index contributed by atoms with van der Waals surface area (Å²) >= 11 is 0. The standard InChI is InChI=1S/C11H17N5O3/c1-2-19-11(17)14-9-7-8(13-10(12)16(9)18)15-5-3-4-6-15/h7,12,18H,2-6H2,1H3,(H,14,17). The Morgan fingerprint density at radius 2 is 2.26 bits per heavy atom. The van der Waals surface area contributed by atoms with Crippen LogP contribution >= 0.6 is 0 Å². The van der Waals surface area contributed by atoms with E-state index in [0.29, 0.717) is 10.5 Å². The van der Waals surface area contributed by atoms with Gasteiger partial charge in [0.25, 0.3) is 5.62 Å². The van der Waals surface area contributed by atoms with Crippen molar-refractivity contribution in [3.8, 4) is 0 Å². The molecule has 0 radical (unpaired) electrons. The molecule has 1 aliphatic rings. The van der Waals surface area contributed by atoms with Gasteiger partial charge in [0.05, 0.1) is 6.61 Å². The third kappa shape index (κ3) is 2.95. The summed E-state index contributed by atoms with van der Waals surface area (Å²) in [5.74, 6) is 0.639. The van der Waals surface area contributed by atoms with Crippen molar-refractivity contribution in [2.24, 2.45) is 0 Å². The Labute approximate surface area is 110 Å². The predicted octanol–water partition coefficient (Wildman–Crippen LogP) is 0.768. The second-order valence-electron chi connectivity index (χ2n) is 4.17. The summed E-state index contributed by atoms with van der Waals surface area (Å²) in [4.78, 5) is 17.3. The first-order valence-corrected chi connectivity index (χ1v) is 6.18. The average molecular weight is 267 g/mol. The molecule has 1 saturated heterocycles. The zero-order valence-corrected chi connectivity index (χ0v) is 10.7. The first kappa shape index (κ1) is 13.2. The number of hydrogen-bond acceptors (Lipinski definition) is 6. The Balaban J connectivity index is 2.26. The van der Waals surface area contributed by atoms with Gasteiger partial charge in [-0.15, -0.1) is 4.73 Å². The average Bonchev–Trinajstić information content (AvgIpc) is 2.88. The molecule has 1 aliphatic heterocycles. The number of nitrogens with one attached hydrogen (secondary N) is 2. The Morgan fingerprint density at radius 1 is 1.58 bits per heavy atom. The number of carbonyl (C=O) groups excluding carboxylic acids is 1. The van der Waals surface area contributed by atoms with Crippen LogP contribution in [0.2, 0.25) is 0 Å². The number of amides is 1. The number of nitrogens with zero attached hydrogens (tertiary/aromatic N) is 3. The van der Waals surface area contributed by atoms with E-state index >= 15 is 0 Å². The molecule has 1 fully saturated rings. The van der Waals surface area contributed by atoms with Gasteiger partial charge in [0, 0.05) is 19.2 Å². The first-order chi connectivity index (χ1) is 9.11. The van der Waals surface area contributed by atoms with E-state index in [1.165, 1.54) is 6.07 Å². The van der Waals surface area contributed by atoms with Gasteiger partial charge in [-0.1, -0.05) is 0 Å². The first-order valence-electron chi connectivity index (χ1n) is 6.18. The van der Waals surface area contributed by atoms with Crippen LogP contribution in [0.25, 0.3) is 0 Å². The van der Waals surface area contributed by atoms with Crippen LogP contribution in [0.4, 0.5) is 16.4 Å². The van der Waals surface area contributed by atoms with Crippen molar-refractivity contribution < 1.29 is 14.7 Å². The van der Waals surface area contributed by atoms with Gasteiger partial charge in [0.2, 0.25) is 0 Å². The van der Waals surface area contributed by atoms with Crippen molar-refractivity contribution in [3.05, 3.63) is 11.7 Å². The third-order valence-electron chi connectivity index (χ3n) is 2.85. The van der Waals surface area contributed by atoms with E-state index in [1.54, 1.807) is 6.92 Å². The largest absolute Gasteiger partial charge is 0.450 e. The number of aromatic nitrogens is 2. The maximum Gasteiger partial charge on any atom is 0.412 e. The Kier molecular flexibility index (Phi) is 3.88. The van der Waals surface area contributed by atoms with E-state index in [9.17, 15) is 10.0 Å². The highest BCUT2D eigenvalue weighted by atomic mass is 16.5. The molecule has 0 saturated carbocycles. The van der Waals surface area contributed by atoms with E-state index in [0.717, 1.165) is 25.9 Å². The smallest absolute Gasteiger partial charge is 0.412 e. The molecule has 2 rings (SSSR count). The Bertz CT molecular complexity index is 522. The van der Waals surface area contributed by atoms with Gasteiger partial charge in [0.15, 0.2) is 5.82 Å². The summed E-state index contributed by atoms with van der Waals surface area (Å²) in [5.41, 5.74) is -0.337. The van der Waals surface area contributed by atoms with E-state index in [4.69, 9.17) is 10.1 Å². The molecule has 2 heterocycles. The zero-order valence-electron chi connectivity index (χ0n) is 10.7. The van der Waals surface area contributed by atoms with Gasteiger partial charge < -0.3 is 14.8 Å². The van der Waals surface area contributed by atoms with E-state index in [-0.39, 0.29) is 18.0 Å². The van der Waals surface area contributed by atoms with Crippen molar-refractivity contribution in [2.45, 2.75) is 19.8 Å². The summed E-state index contributed by atoms with van der Waals surface area (Å²) in [7, 11) is 0. The van der Waals surface area contributed by atoms with Crippen LogP contribution in [0.3, 0.4) is 0 Å². The maximum atomic E-state index is 11.4. The van der Waals surface area contributed by atoms with Gasteiger partial charge in [-0.25, -0.2) is 4.79 Å². The highest BCUT2D eigenvalue weighted by molar-refractivity contribution is 5.83. The highest BCUT2D eigenvalue weighted by Crippen LogP contribution is 2.19. The molecule has 0 aromatic carbocycles. The molecule has 1 aromatic rings. The lowest BCUT2D eigenvalue weighted by Gasteiger charge is -2.18. The lowest BCUT2D eigenvalue weighted by Crippen LogP contribution is -2.30. The van der Waals surface area contributed by atoms with Crippen molar-refractivity contribution in [3.63, 3.8) is 0 Å². The SMILES string of the molecule is CCOC(=O)Nc1cc(N2CCCC2)nc(=N)n1O. The van der Waals surface area contributed by atoms with Gasteiger partial charge in [-0.05, 0) is 19.8 Å². The van der Waals surface area contributed by atoms with Crippen LogP contribution < -0.4 is 15.8 Å². The van der Waals surface area contributed by atoms with Gasteiger partial charge in [-0.2, -0.15) is 4.98 Å². The molecule has 8 nitrogen and oxygen atoms in total. The van der Waals surface area contributed by atoms with Gasteiger partial charge in [0.1, 0.15) is 5.82 Å². The molecule has 104 valence electrons. The molecule has 3 N–H and O–H groups in total. The van der Waals surface area contributed by atoms with Gasteiger partial charge >= 0.3 is 6.09 Å². The lowest BCUT2D eigenvalue weighted by atomic mass is 10.4. The van der Waals surface area contributed by atoms with Crippen LogP contribution in [0.5, 0.6) is 0 Å². The molecule has 19 heavy (non-hydrogen) atoms. The molecule has 0 atom stereocenters. The minimum Gasteiger partial charge on any atom is -0.450 e. The normalized spacial score (nSPS) is 14.5. The second-order valence-corrected chi connectivity index (χ2v) is 4.17. The molecule has 0 bridgehead atoms. The summed E-state index contributed by atoms with van der Waals surface area (Å²) in [6.45, 7) is 3.64. The summed E-state index contributed by atoms with van der Waals surface area (Å²) < 4.78 is 5.25. The molecular formula is C11H17N5O3. The van der Waals surface area contributed by atoms with E-state index in [2.05, 4.69) is 10.3 Å². The topological polar surface area (TPSA) is 103 Å². The summed E-state index contributed by atoms with van der Waals surface area (Å²) in [6, 6.07) is 1.53. The molecule has 1 aromatic heterocycles. The Hall–Kier alpha value is -2.25. The third-order valence-corrected chi connectivity index (χ3v) is 2.85. The van der Waals surface area contributed by atoms with E-state index < -0.39 is 6.09 Å². The van der Waals surface area contributed by atoms with E-state index in [1.807, 2.05) is 4.90 Å². The van der Waals surface area contributed by atoms with Crippen molar-refractivity contribution in [2.75, 3.05) is 29.9 Å². The van der Waals surface area contributed by atoms with Crippen LogP contribution in [-0.2, 0) is 4.74 Å². The van der Waals surface area contributed by atoms with Crippen molar-refractivity contribution >= 4 is 17.7 Å². The monoisotopic (exact) mass is 267 g/mol. The van der Waals surface area contributed by atoms with Crippen LogP contribution in [0.1, 0.15) is 19.8 Å². The molecule has 0 aliphatic carbocycles. The zero-order chi connectivity index (χ0) is 13.8. The summed E-state index contributed by atoms with van der Waals surface area (Å²) in [6.07, 6.45) is 1.47.